The summed E-state index contributed by atoms with van der Waals surface area (Å²) in [7, 11) is 2.01. The summed E-state index contributed by atoms with van der Waals surface area (Å²) in [6.45, 7) is 5.09. The van der Waals surface area contributed by atoms with Crippen LogP contribution in [0.2, 0.25) is 0 Å². The molecular formula is C15H20N4. The molecule has 2 rings (SSSR count). The molecule has 1 N–H and O–H groups in total. The lowest BCUT2D eigenvalue weighted by molar-refractivity contribution is 0.948. The van der Waals surface area contributed by atoms with Crippen molar-refractivity contribution >= 4 is 17.5 Å². The first-order valence-corrected chi connectivity index (χ1v) is 6.58. The zero-order valence-electron chi connectivity index (χ0n) is 11.7. The topological polar surface area (TPSA) is 41.1 Å². The molecule has 0 radical (unpaired) electrons. The largest absolute Gasteiger partial charge is 0.354 e. The Bertz CT molecular complexity index is 522. The van der Waals surface area contributed by atoms with E-state index in [2.05, 4.69) is 58.3 Å². The second-order valence-electron chi connectivity index (χ2n) is 4.56. The van der Waals surface area contributed by atoms with Crippen molar-refractivity contribution in [1.82, 2.24) is 9.97 Å². The van der Waals surface area contributed by atoms with Crippen LogP contribution >= 0.6 is 0 Å². The first-order chi connectivity index (χ1) is 9.20. The highest BCUT2D eigenvalue weighted by Crippen LogP contribution is 2.22. The van der Waals surface area contributed by atoms with Crippen molar-refractivity contribution in [3.8, 4) is 0 Å². The third kappa shape index (κ3) is 3.44. The summed E-state index contributed by atoms with van der Waals surface area (Å²) in [5.74, 6) is 1.57. The van der Waals surface area contributed by atoms with Gasteiger partial charge in [0.05, 0.1) is 0 Å². The Balaban J connectivity index is 2.18. The molecule has 1 heterocycles. The van der Waals surface area contributed by atoms with Gasteiger partial charge in [-0.25, -0.2) is 4.98 Å². The summed E-state index contributed by atoms with van der Waals surface area (Å²) in [4.78, 5) is 10.8. The average Bonchev–Trinajstić information content (AvgIpc) is 2.45. The number of aromatic nitrogens is 2. The lowest BCUT2D eigenvalue weighted by atomic mass is 10.2. The maximum Gasteiger partial charge on any atom is 0.224 e. The molecule has 0 aliphatic heterocycles. The number of hydrogen-bond donors (Lipinski definition) is 1. The molecule has 0 aliphatic carbocycles. The normalized spacial score (nSPS) is 10.3. The van der Waals surface area contributed by atoms with E-state index in [9.17, 15) is 0 Å². The van der Waals surface area contributed by atoms with Gasteiger partial charge in [-0.3, -0.25) is 0 Å². The number of hydrogen-bond acceptors (Lipinski definition) is 4. The SMILES string of the molecule is CCCNc1nccc(N(C)c2ccc(C)cc2)n1. The predicted octanol–water partition coefficient (Wildman–Crippen LogP) is 3.37. The first kappa shape index (κ1) is 13.3. The minimum Gasteiger partial charge on any atom is -0.354 e. The smallest absolute Gasteiger partial charge is 0.224 e. The molecule has 19 heavy (non-hydrogen) atoms. The Morgan fingerprint density at radius 3 is 2.58 bits per heavy atom. The predicted molar refractivity (Wildman–Crippen MR) is 80.1 cm³/mol. The number of nitrogens with zero attached hydrogens (tertiary/aromatic N) is 3. The van der Waals surface area contributed by atoms with Crippen LogP contribution in [0.5, 0.6) is 0 Å². The average molecular weight is 256 g/mol. The van der Waals surface area contributed by atoms with Crippen molar-refractivity contribution in [2.75, 3.05) is 23.8 Å². The van der Waals surface area contributed by atoms with Crippen LogP contribution in [0.1, 0.15) is 18.9 Å². The fourth-order valence-electron chi connectivity index (χ4n) is 1.76. The van der Waals surface area contributed by atoms with Crippen LogP contribution in [0.25, 0.3) is 0 Å². The van der Waals surface area contributed by atoms with Crippen LogP contribution in [0.3, 0.4) is 0 Å². The lowest BCUT2D eigenvalue weighted by Crippen LogP contribution is -2.13. The van der Waals surface area contributed by atoms with E-state index in [1.807, 2.05) is 13.1 Å². The van der Waals surface area contributed by atoms with Gasteiger partial charge < -0.3 is 10.2 Å². The van der Waals surface area contributed by atoms with E-state index >= 15 is 0 Å². The summed E-state index contributed by atoms with van der Waals surface area (Å²) >= 11 is 0. The van der Waals surface area contributed by atoms with Crippen LogP contribution in [-0.4, -0.2) is 23.6 Å². The molecular weight excluding hydrogens is 236 g/mol. The van der Waals surface area contributed by atoms with Crippen LogP contribution in [0.15, 0.2) is 36.5 Å². The van der Waals surface area contributed by atoms with Gasteiger partial charge in [-0.2, -0.15) is 4.98 Å². The fraction of sp³-hybridized carbons (Fsp3) is 0.333. The van der Waals surface area contributed by atoms with E-state index < -0.39 is 0 Å². The number of anilines is 3. The van der Waals surface area contributed by atoms with Crippen LogP contribution < -0.4 is 10.2 Å². The molecule has 4 nitrogen and oxygen atoms in total. The number of rotatable bonds is 5. The van der Waals surface area contributed by atoms with Gasteiger partial charge in [-0.1, -0.05) is 24.6 Å². The van der Waals surface area contributed by atoms with Crippen molar-refractivity contribution in [3.63, 3.8) is 0 Å². The number of nitrogens with one attached hydrogen (secondary N) is 1. The maximum absolute atomic E-state index is 4.51. The first-order valence-electron chi connectivity index (χ1n) is 6.58. The van der Waals surface area contributed by atoms with Gasteiger partial charge in [0.1, 0.15) is 5.82 Å². The maximum atomic E-state index is 4.51. The third-order valence-corrected chi connectivity index (χ3v) is 2.94. The van der Waals surface area contributed by atoms with Gasteiger partial charge in [-0.15, -0.1) is 0 Å². The summed E-state index contributed by atoms with van der Waals surface area (Å²) in [5.41, 5.74) is 2.37. The monoisotopic (exact) mass is 256 g/mol. The van der Waals surface area contributed by atoms with Crippen molar-refractivity contribution in [3.05, 3.63) is 42.1 Å². The number of benzene rings is 1. The van der Waals surface area contributed by atoms with Crippen LogP contribution in [0, 0.1) is 6.92 Å². The Morgan fingerprint density at radius 2 is 1.89 bits per heavy atom. The summed E-state index contributed by atoms with van der Waals surface area (Å²) < 4.78 is 0. The number of aryl methyl sites for hydroxylation is 1. The molecule has 0 amide bonds. The van der Waals surface area contributed by atoms with Gasteiger partial charge >= 0.3 is 0 Å². The van der Waals surface area contributed by atoms with Crippen molar-refractivity contribution < 1.29 is 0 Å². The molecule has 0 saturated heterocycles. The van der Waals surface area contributed by atoms with Crippen LogP contribution in [-0.2, 0) is 0 Å². The molecule has 100 valence electrons. The quantitative estimate of drug-likeness (QED) is 0.890. The zero-order valence-corrected chi connectivity index (χ0v) is 11.7. The minimum atomic E-state index is 0.679. The molecule has 2 aromatic rings. The molecule has 1 aromatic carbocycles. The summed E-state index contributed by atoms with van der Waals surface area (Å²) in [6.07, 6.45) is 2.84. The van der Waals surface area contributed by atoms with E-state index in [1.54, 1.807) is 6.20 Å². The molecule has 0 saturated carbocycles. The van der Waals surface area contributed by atoms with Gasteiger partial charge in [-0.05, 0) is 31.5 Å². The highest BCUT2D eigenvalue weighted by atomic mass is 15.2. The highest BCUT2D eigenvalue weighted by molar-refractivity contribution is 5.59. The van der Waals surface area contributed by atoms with Gasteiger partial charge in [0.2, 0.25) is 5.95 Å². The second kappa shape index (κ2) is 6.18. The molecule has 0 bridgehead atoms. The minimum absolute atomic E-state index is 0.679. The van der Waals surface area contributed by atoms with E-state index in [0.29, 0.717) is 5.95 Å². The molecule has 0 atom stereocenters. The Labute approximate surface area is 114 Å². The van der Waals surface area contributed by atoms with E-state index in [1.165, 1.54) is 5.56 Å². The molecule has 0 fully saturated rings. The Kier molecular flexibility index (Phi) is 4.34. The van der Waals surface area contributed by atoms with Crippen molar-refractivity contribution in [2.24, 2.45) is 0 Å². The summed E-state index contributed by atoms with van der Waals surface area (Å²) in [6, 6.07) is 10.3. The van der Waals surface area contributed by atoms with Gasteiger partial charge in [0.15, 0.2) is 0 Å². The van der Waals surface area contributed by atoms with E-state index in [0.717, 1.165) is 24.5 Å². The molecule has 0 spiro atoms. The van der Waals surface area contributed by atoms with Gasteiger partial charge in [0.25, 0.3) is 0 Å². The third-order valence-electron chi connectivity index (χ3n) is 2.94. The van der Waals surface area contributed by atoms with E-state index in [-0.39, 0.29) is 0 Å². The fourth-order valence-corrected chi connectivity index (χ4v) is 1.76. The van der Waals surface area contributed by atoms with E-state index in [4.69, 9.17) is 0 Å². The van der Waals surface area contributed by atoms with Crippen molar-refractivity contribution in [1.29, 1.82) is 0 Å². The highest BCUT2D eigenvalue weighted by Gasteiger charge is 2.06. The molecule has 0 aliphatic rings. The molecule has 4 heteroatoms. The van der Waals surface area contributed by atoms with Crippen LogP contribution in [0.4, 0.5) is 17.5 Å². The zero-order chi connectivity index (χ0) is 13.7. The van der Waals surface area contributed by atoms with Gasteiger partial charge in [0, 0.05) is 25.5 Å². The second-order valence-corrected chi connectivity index (χ2v) is 4.56. The van der Waals surface area contributed by atoms with Crippen molar-refractivity contribution in [2.45, 2.75) is 20.3 Å². The molecule has 0 unspecified atom stereocenters. The summed E-state index contributed by atoms with van der Waals surface area (Å²) in [5, 5.41) is 3.20. The Hall–Kier alpha value is -2.10. The lowest BCUT2D eigenvalue weighted by Gasteiger charge is -2.19. The Morgan fingerprint density at radius 1 is 1.16 bits per heavy atom. The molecule has 1 aromatic heterocycles. The standard InChI is InChI=1S/C15H20N4/c1-4-10-16-15-17-11-9-14(18-15)19(3)13-7-5-12(2)6-8-13/h5-9,11H,4,10H2,1-3H3,(H,16,17,18).